The second kappa shape index (κ2) is 13.2. The van der Waals surface area contributed by atoms with Crippen LogP contribution >= 0.6 is 0 Å². The molecule has 1 atom stereocenters. The number of phenolic OH excluding ortho intramolecular Hbond substituents is 1. The van der Waals surface area contributed by atoms with Crippen LogP contribution in [-0.4, -0.2) is 45.8 Å². The van der Waals surface area contributed by atoms with Crippen LogP contribution < -0.4 is 10.1 Å². The number of aromatic hydroxyl groups is 1. The Kier molecular flexibility index (Phi) is 9.02. The Labute approximate surface area is 244 Å². The number of esters is 1. The number of phenols is 1. The molecule has 0 saturated carbocycles. The van der Waals surface area contributed by atoms with Crippen LogP contribution in [0.4, 0.5) is 0 Å². The van der Waals surface area contributed by atoms with Crippen molar-refractivity contribution in [3.05, 3.63) is 102 Å². The molecule has 0 spiro atoms. The number of rotatable bonds is 12. The first kappa shape index (κ1) is 28.7. The zero-order valence-corrected chi connectivity index (χ0v) is 23.9. The van der Waals surface area contributed by atoms with Crippen LogP contribution in [0.1, 0.15) is 30.2 Å². The van der Waals surface area contributed by atoms with E-state index in [1.54, 1.807) is 19.1 Å². The first-order valence-corrected chi connectivity index (χ1v) is 14.2. The lowest BCUT2D eigenvalue weighted by atomic mass is 10.1. The minimum Gasteiger partial charge on any atom is -0.508 e. The van der Waals surface area contributed by atoms with Gasteiger partial charge in [0.25, 0.3) is 5.91 Å². The molecule has 0 unspecified atom stereocenters. The molecule has 5 rings (SSSR count). The van der Waals surface area contributed by atoms with E-state index in [0.717, 1.165) is 52.4 Å². The molecular formula is C34H35N3O5. The zero-order valence-electron chi connectivity index (χ0n) is 23.9. The highest BCUT2D eigenvalue weighted by molar-refractivity contribution is 6.09. The number of benzene rings is 3. The van der Waals surface area contributed by atoms with Gasteiger partial charge in [-0.3, -0.25) is 9.78 Å². The lowest BCUT2D eigenvalue weighted by Gasteiger charge is -2.18. The third-order valence-electron chi connectivity index (χ3n) is 7.27. The maximum absolute atomic E-state index is 12.9. The van der Waals surface area contributed by atoms with Crippen molar-refractivity contribution in [3.8, 4) is 11.5 Å². The Bertz CT molecular complexity index is 1680. The van der Waals surface area contributed by atoms with Gasteiger partial charge in [0.05, 0.1) is 23.3 Å². The summed E-state index contributed by atoms with van der Waals surface area (Å²) in [6, 6.07) is 23.9. The van der Waals surface area contributed by atoms with Crippen LogP contribution in [0.15, 0.2) is 85.1 Å². The van der Waals surface area contributed by atoms with Crippen LogP contribution in [0, 0.1) is 6.92 Å². The number of aryl methyl sites for hydroxylation is 3. The molecule has 0 bridgehead atoms. The lowest BCUT2D eigenvalue weighted by Crippen LogP contribution is -2.45. The predicted octanol–water partition coefficient (Wildman–Crippen LogP) is 5.51. The Balaban J connectivity index is 1.31. The Hall–Kier alpha value is -4.85. The van der Waals surface area contributed by atoms with Gasteiger partial charge in [-0.25, -0.2) is 4.79 Å². The third-order valence-corrected chi connectivity index (χ3v) is 7.27. The molecule has 5 aromatic rings. The van der Waals surface area contributed by atoms with Gasteiger partial charge in [0.15, 0.2) is 6.61 Å². The topological polar surface area (TPSA) is 103 Å². The van der Waals surface area contributed by atoms with Gasteiger partial charge in [-0.05, 0) is 68.1 Å². The molecule has 42 heavy (non-hydrogen) atoms. The van der Waals surface area contributed by atoms with Crippen molar-refractivity contribution in [1.82, 2.24) is 14.9 Å². The smallest absolute Gasteiger partial charge is 0.328 e. The molecule has 0 saturated heterocycles. The number of amides is 1. The van der Waals surface area contributed by atoms with Gasteiger partial charge in [-0.15, -0.1) is 0 Å². The van der Waals surface area contributed by atoms with Crippen molar-refractivity contribution in [3.63, 3.8) is 0 Å². The summed E-state index contributed by atoms with van der Waals surface area (Å²) in [6.45, 7) is 4.49. The molecule has 216 valence electrons. The van der Waals surface area contributed by atoms with E-state index in [0.29, 0.717) is 5.75 Å². The minimum absolute atomic E-state index is 0.127. The first-order valence-electron chi connectivity index (χ1n) is 14.2. The average Bonchev–Trinajstić information content (AvgIpc) is 3.31. The summed E-state index contributed by atoms with van der Waals surface area (Å²) in [4.78, 5) is 30.0. The van der Waals surface area contributed by atoms with E-state index in [9.17, 15) is 14.7 Å². The van der Waals surface area contributed by atoms with Crippen LogP contribution in [0.5, 0.6) is 11.5 Å². The van der Waals surface area contributed by atoms with Crippen LogP contribution in [0.3, 0.4) is 0 Å². The number of nitrogens with zero attached hydrogens (tertiary/aromatic N) is 2. The summed E-state index contributed by atoms with van der Waals surface area (Å²) < 4.78 is 13.4. The van der Waals surface area contributed by atoms with Gasteiger partial charge in [0, 0.05) is 36.0 Å². The number of carbonyl (C=O) groups excluding carboxylic acids is 2. The third kappa shape index (κ3) is 6.71. The molecule has 2 aromatic heterocycles. The van der Waals surface area contributed by atoms with Crippen molar-refractivity contribution in [2.45, 2.75) is 45.7 Å². The molecule has 0 aliphatic rings. The van der Waals surface area contributed by atoms with Crippen molar-refractivity contribution in [2.75, 3.05) is 13.2 Å². The molecular weight excluding hydrogens is 530 g/mol. The average molecular weight is 566 g/mol. The van der Waals surface area contributed by atoms with E-state index in [-0.39, 0.29) is 25.4 Å². The zero-order chi connectivity index (χ0) is 29.5. The van der Waals surface area contributed by atoms with Crippen molar-refractivity contribution in [2.24, 2.45) is 0 Å². The van der Waals surface area contributed by atoms with E-state index in [4.69, 9.17) is 9.47 Å². The van der Waals surface area contributed by atoms with E-state index >= 15 is 0 Å². The summed E-state index contributed by atoms with van der Waals surface area (Å²) in [5.41, 5.74) is 5.16. The standard InChI is InChI=1S/C34H35N3O5/c1-3-41-34(40)30(20-25-11-13-26(38)14-12-25)36-32(39)22-42-27-15-16-28-29-17-18-35-23(2)33(29)37(31(28)21-27)19-7-10-24-8-5-4-6-9-24/h4-6,8-9,11-18,21,30,38H,3,7,10,19-20,22H2,1-2H3,(H,36,39)/t30-/m0/s1. The molecule has 2 heterocycles. The van der Waals surface area contributed by atoms with E-state index in [1.807, 2.05) is 43.5 Å². The van der Waals surface area contributed by atoms with E-state index in [1.165, 1.54) is 17.7 Å². The van der Waals surface area contributed by atoms with Crippen molar-refractivity contribution in [1.29, 1.82) is 0 Å². The summed E-state index contributed by atoms with van der Waals surface area (Å²) in [5.74, 6) is -0.274. The minimum atomic E-state index is -0.879. The Morgan fingerprint density at radius 3 is 2.52 bits per heavy atom. The summed E-state index contributed by atoms with van der Waals surface area (Å²) in [6.07, 6.45) is 3.98. The van der Waals surface area contributed by atoms with Gasteiger partial charge < -0.3 is 24.5 Å². The van der Waals surface area contributed by atoms with Crippen molar-refractivity contribution >= 4 is 33.7 Å². The second-order valence-corrected chi connectivity index (χ2v) is 10.2. The Morgan fingerprint density at radius 2 is 1.76 bits per heavy atom. The maximum atomic E-state index is 12.9. The molecule has 2 N–H and O–H groups in total. The van der Waals surface area contributed by atoms with E-state index < -0.39 is 17.9 Å². The van der Waals surface area contributed by atoms with Gasteiger partial charge in [0.1, 0.15) is 17.5 Å². The monoisotopic (exact) mass is 565 g/mol. The van der Waals surface area contributed by atoms with Gasteiger partial charge in [-0.2, -0.15) is 0 Å². The predicted molar refractivity (Wildman–Crippen MR) is 163 cm³/mol. The number of pyridine rings is 1. The van der Waals surface area contributed by atoms with Crippen LogP contribution in [0.2, 0.25) is 0 Å². The van der Waals surface area contributed by atoms with Crippen LogP contribution in [0.25, 0.3) is 21.8 Å². The molecule has 8 nitrogen and oxygen atoms in total. The highest BCUT2D eigenvalue weighted by Gasteiger charge is 2.23. The van der Waals surface area contributed by atoms with Gasteiger partial charge >= 0.3 is 5.97 Å². The molecule has 0 fully saturated rings. The summed E-state index contributed by atoms with van der Waals surface area (Å²) in [5, 5.41) is 14.5. The summed E-state index contributed by atoms with van der Waals surface area (Å²) in [7, 11) is 0. The SMILES string of the molecule is CCOC(=O)[C@H](Cc1ccc(O)cc1)NC(=O)COc1ccc2c3ccnc(C)c3n(CCCc3ccccc3)c2c1. The Morgan fingerprint density at radius 1 is 0.976 bits per heavy atom. The molecule has 8 heteroatoms. The molecule has 0 radical (unpaired) electrons. The number of hydrogen-bond donors (Lipinski definition) is 2. The number of hydrogen-bond acceptors (Lipinski definition) is 6. The first-order chi connectivity index (χ1) is 20.4. The van der Waals surface area contributed by atoms with Gasteiger partial charge in [0.2, 0.25) is 0 Å². The van der Waals surface area contributed by atoms with Crippen molar-refractivity contribution < 1.29 is 24.2 Å². The number of nitrogens with one attached hydrogen (secondary N) is 1. The highest BCUT2D eigenvalue weighted by atomic mass is 16.5. The van der Waals surface area contributed by atoms with E-state index in [2.05, 4.69) is 39.1 Å². The molecule has 3 aromatic carbocycles. The number of aromatic nitrogens is 2. The molecule has 0 aliphatic carbocycles. The second-order valence-electron chi connectivity index (χ2n) is 10.2. The van der Waals surface area contributed by atoms with Gasteiger partial charge in [-0.1, -0.05) is 42.5 Å². The number of carbonyl (C=O) groups is 2. The molecule has 1 amide bonds. The number of fused-ring (bicyclic) bond motifs is 3. The fourth-order valence-electron chi connectivity index (χ4n) is 5.30. The normalized spacial score (nSPS) is 11.9. The summed E-state index contributed by atoms with van der Waals surface area (Å²) >= 11 is 0. The highest BCUT2D eigenvalue weighted by Crippen LogP contribution is 2.33. The maximum Gasteiger partial charge on any atom is 0.328 e. The lowest BCUT2D eigenvalue weighted by molar-refractivity contribution is -0.147. The fourth-order valence-corrected chi connectivity index (χ4v) is 5.30. The fraction of sp³-hybridized carbons (Fsp3) is 0.265. The van der Waals surface area contributed by atoms with Crippen LogP contribution in [-0.2, 0) is 33.7 Å². The quantitative estimate of drug-likeness (QED) is 0.194. The largest absolute Gasteiger partial charge is 0.508 e. The molecule has 0 aliphatic heterocycles. The number of ether oxygens (including phenoxy) is 2.